The fraction of sp³-hybridized carbons (Fsp3) is 0.143. The average Bonchev–Trinajstić information content (AvgIpc) is 2.40. The first-order chi connectivity index (χ1) is 8.31. The molecule has 0 fully saturated rings. The van der Waals surface area contributed by atoms with Crippen LogP contribution in [0, 0.1) is 0 Å². The molecular weight excluding hydrogens is 230 g/mol. The highest BCUT2D eigenvalue weighted by atomic mass is 32.1. The Morgan fingerprint density at radius 2 is 1.94 bits per heavy atom. The van der Waals surface area contributed by atoms with Crippen LogP contribution in [0.3, 0.4) is 0 Å². The van der Waals surface area contributed by atoms with Crippen molar-refractivity contribution in [3.05, 3.63) is 65.5 Å². The summed E-state index contributed by atoms with van der Waals surface area (Å²) < 4.78 is 5.11. The maximum atomic E-state index is 5.16. The third kappa shape index (κ3) is 2.88. The molecule has 0 saturated carbocycles. The van der Waals surface area contributed by atoms with Gasteiger partial charge in [-0.05, 0) is 29.9 Å². The molecule has 0 spiro atoms. The highest BCUT2D eigenvalue weighted by Crippen LogP contribution is 2.13. The molecule has 0 amide bonds. The quantitative estimate of drug-likeness (QED) is 0.774. The molecule has 3 heteroatoms. The Kier molecular flexibility index (Phi) is 3.83. The maximum absolute atomic E-state index is 5.16. The lowest BCUT2D eigenvalue weighted by molar-refractivity contribution is 0.415. The summed E-state index contributed by atoms with van der Waals surface area (Å²) in [5, 5.41) is 0.490. The van der Waals surface area contributed by atoms with Crippen LogP contribution in [0.4, 0.5) is 0 Å². The third-order valence-corrected chi connectivity index (χ3v) is 2.90. The van der Waals surface area contributed by atoms with Crippen molar-refractivity contribution in [2.24, 2.45) is 0 Å². The summed E-state index contributed by atoms with van der Waals surface area (Å²) >= 11 is 5.16. The standard InChI is InChI=1S/C14H13NOS/c1-16-14(17)12-8-5-9-15-13(12)10-11-6-3-2-4-7-11/h2-9H,10H2,1H3. The number of pyridine rings is 1. The van der Waals surface area contributed by atoms with Gasteiger partial charge < -0.3 is 4.74 Å². The van der Waals surface area contributed by atoms with Gasteiger partial charge in [-0.2, -0.15) is 0 Å². The van der Waals surface area contributed by atoms with Gasteiger partial charge in [0.05, 0.1) is 18.4 Å². The van der Waals surface area contributed by atoms with Crippen LogP contribution in [0.2, 0.25) is 0 Å². The van der Waals surface area contributed by atoms with E-state index in [1.165, 1.54) is 5.56 Å². The molecule has 0 bridgehead atoms. The summed E-state index contributed by atoms with van der Waals surface area (Å²) in [4.78, 5) is 4.38. The molecule has 0 atom stereocenters. The van der Waals surface area contributed by atoms with Crippen molar-refractivity contribution < 1.29 is 4.74 Å². The third-order valence-electron chi connectivity index (χ3n) is 2.51. The highest BCUT2D eigenvalue weighted by molar-refractivity contribution is 7.80. The fourth-order valence-electron chi connectivity index (χ4n) is 1.66. The van der Waals surface area contributed by atoms with Crippen molar-refractivity contribution >= 4 is 17.3 Å². The van der Waals surface area contributed by atoms with Crippen LogP contribution in [-0.4, -0.2) is 17.1 Å². The second-order valence-corrected chi connectivity index (χ2v) is 4.02. The summed E-state index contributed by atoms with van der Waals surface area (Å²) in [7, 11) is 1.58. The predicted molar refractivity (Wildman–Crippen MR) is 72.2 cm³/mol. The zero-order chi connectivity index (χ0) is 12.1. The molecule has 86 valence electrons. The molecule has 1 heterocycles. The Balaban J connectivity index is 2.30. The van der Waals surface area contributed by atoms with E-state index < -0.39 is 0 Å². The van der Waals surface area contributed by atoms with E-state index in [0.29, 0.717) is 5.05 Å². The van der Waals surface area contributed by atoms with Gasteiger partial charge in [-0.25, -0.2) is 0 Å². The first kappa shape index (κ1) is 11.7. The molecule has 0 aliphatic heterocycles. The van der Waals surface area contributed by atoms with E-state index in [1.807, 2.05) is 30.3 Å². The van der Waals surface area contributed by atoms with Gasteiger partial charge in [0, 0.05) is 12.6 Å². The number of methoxy groups -OCH3 is 1. The minimum atomic E-state index is 0.490. The molecular formula is C14H13NOS. The Morgan fingerprint density at radius 1 is 1.18 bits per heavy atom. The van der Waals surface area contributed by atoms with Gasteiger partial charge in [0.2, 0.25) is 0 Å². The predicted octanol–water partition coefficient (Wildman–Crippen LogP) is 2.99. The number of hydrogen-bond donors (Lipinski definition) is 0. The van der Waals surface area contributed by atoms with Crippen molar-refractivity contribution in [2.75, 3.05) is 7.11 Å². The molecule has 2 aromatic rings. The normalized spacial score (nSPS) is 9.94. The summed E-state index contributed by atoms with van der Waals surface area (Å²) in [6, 6.07) is 14.0. The van der Waals surface area contributed by atoms with Crippen LogP contribution < -0.4 is 0 Å². The molecule has 0 aliphatic carbocycles. The number of thiocarbonyl (C=S) groups is 1. The van der Waals surface area contributed by atoms with Crippen LogP contribution in [0.15, 0.2) is 48.7 Å². The summed E-state index contributed by atoms with van der Waals surface area (Å²) in [6.07, 6.45) is 2.54. The summed E-state index contributed by atoms with van der Waals surface area (Å²) in [5.41, 5.74) is 3.06. The lowest BCUT2D eigenvalue weighted by Crippen LogP contribution is -2.06. The first-order valence-corrected chi connectivity index (χ1v) is 5.78. The average molecular weight is 243 g/mol. The van der Waals surface area contributed by atoms with Crippen molar-refractivity contribution in [1.29, 1.82) is 0 Å². The number of ether oxygens (including phenoxy) is 1. The zero-order valence-electron chi connectivity index (χ0n) is 9.59. The van der Waals surface area contributed by atoms with Crippen LogP contribution in [0.25, 0.3) is 0 Å². The van der Waals surface area contributed by atoms with Crippen LogP contribution >= 0.6 is 12.2 Å². The van der Waals surface area contributed by atoms with Crippen molar-refractivity contribution in [3.63, 3.8) is 0 Å². The van der Waals surface area contributed by atoms with E-state index >= 15 is 0 Å². The van der Waals surface area contributed by atoms with Crippen LogP contribution in [-0.2, 0) is 11.2 Å². The van der Waals surface area contributed by atoms with Gasteiger partial charge in [0.25, 0.3) is 0 Å². The van der Waals surface area contributed by atoms with E-state index in [0.717, 1.165) is 17.7 Å². The molecule has 0 radical (unpaired) electrons. The molecule has 2 rings (SSSR count). The zero-order valence-corrected chi connectivity index (χ0v) is 10.4. The van der Waals surface area contributed by atoms with E-state index in [2.05, 4.69) is 17.1 Å². The molecule has 0 saturated heterocycles. The number of aromatic nitrogens is 1. The second-order valence-electron chi connectivity index (χ2n) is 3.65. The number of benzene rings is 1. The smallest absolute Gasteiger partial charge is 0.192 e. The van der Waals surface area contributed by atoms with Crippen LogP contribution in [0.5, 0.6) is 0 Å². The van der Waals surface area contributed by atoms with Gasteiger partial charge in [-0.3, -0.25) is 4.98 Å². The molecule has 1 aromatic carbocycles. The van der Waals surface area contributed by atoms with Gasteiger partial charge in [0.1, 0.15) is 0 Å². The monoisotopic (exact) mass is 243 g/mol. The van der Waals surface area contributed by atoms with E-state index in [1.54, 1.807) is 13.3 Å². The van der Waals surface area contributed by atoms with Crippen molar-refractivity contribution in [2.45, 2.75) is 6.42 Å². The molecule has 0 aliphatic rings. The topological polar surface area (TPSA) is 22.1 Å². The van der Waals surface area contributed by atoms with E-state index in [9.17, 15) is 0 Å². The molecule has 17 heavy (non-hydrogen) atoms. The minimum Gasteiger partial charge on any atom is -0.486 e. The number of hydrogen-bond acceptors (Lipinski definition) is 3. The second kappa shape index (κ2) is 5.55. The Hall–Kier alpha value is -1.74. The van der Waals surface area contributed by atoms with Crippen molar-refractivity contribution in [1.82, 2.24) is 4.98 Å². The van der Waals surface area contributed by atoms with Gasteiger partial charge in [0.15, 0.2) is 5.05 Å². The minimum absolute atomic E-state index is 0.490. The lowest BCUT2D eigenvalue weighted by Gasteiger charge is -2.08. The highest BCUT2D eigenvalue weighted by Gasteiger charge is 2.09. The Labute approximate surface area is 106 Å². The van der Waals surface area contributed by atoms with Gasteiger partial charge >= 0.3 is 0 Å². The Bertz CT molecular complexity index is 511. The molecule has 0 unspecified atom stereocenters. The number of rotatable bonds is 3. The van der Waals surface area contributed by atoms with Gasteiger partial charge in [-0.1, -0.05) is 30.3 Å². The molecule has 1 aromatic heterocycles. The number of nitrogens with zero attached hydrogens (tertiary/aromatic N) is 1. The SMILES string of the molecule is COC(=S)c1cccnc1Cc1ccccc1. The lowest BCUT2D eigenvalue weighted by atomic mass is 10.1. The van der Waals surface area contributed by atoms with Crippen molar-refractivity contribution in [3.8, 4) is 0 Å². The van der Waals surface area contributed by atoms with Crippen LogP contribution in [0.1, 0.15) is 16.8 Å². The summed E-state index contributed by atoms with van der Waals surface area (Å²) in [5.74, 6) is 0. The molecule has 2 nitrogen and oxygen atoms in total. The van der Waals surface area contributed by atoms with Gasteiger partial charge in [-0.15, -0.1) is 0 Å². The largest absolute Gasteiger partial charge is 0.486 e. The summed E-state index contributed by atoms with van der Waals surface area (Å²) in [6.45, 7) is 0. The fourth-order valence-corrected chi connectivity index (χ4v) is 1.85. The molecule has 0 N–H and O–H groups in total. The van der Waals surface area contributed by atoms with E-state index in [4.69, 9.17) is 17.0 Å². The Morgan fingerprint density at radius 3 is 2.65 bits per heavy atom. The maximum Gasteiger partial charge on any atom is 0.192 e. The first-order valence-electron chi connectivity index (χ1n) is 5.37. The van der Waals surface area contributed by atoms with E-state index in [-0.39, 0.29) is 0 Å².